The quantitative estimate of drug-likeness (QED) is 0.807. The summed E-state index contributed by atoms with van der Waals surface area (Å²) in [6.45, 7) is 1.53. The molecule has 3 rings (SSSR count). The van der Waals surface area contributed by atoms with E-state index in [1.165, 1.54) is 6.07 Å². The van der Waals surface area contributed by atoms with Crippen LogP contribution in [0.4, 0.5) is 24.5 Å². The summed E-state index contributed by atoms with van der Waals surface area (Å²) in [5.74, 6) is -3.14. The summed E-state index contributed by atoms with van der Waals surface area (Å²) in [4.78, 5) is 25.4. The molecule has 0 bridgehead atoms. The van der Waals surface area contributed by atoms with E-state index in [9.17, 15) is 27.9 Å². The van der Waals surface area contributed by atoms with Crippen molar-refractivity contribution in [1.29, 1.82) is 0 Å². The second-order valence-corrected chi connectivity index (χ2v) is 6.83. The number of hydrogen-bond donors (Lipinski definition) is 1. The molecule has 0 atom stereocenters. The van der Waals surface area contributed by atoms with E-state index in [1.54, 1.807) is 12.1 Å². The normalized spacial score (nSPS) is 18.8. The van der Waals surface area contributed by atoms with Crippen LogP contribution in [0.15, 0.2) is 18.2 Å². The third kappa shape index (κ3) is 4.67. The van der Waals surface area contributed by atoms with Crippen LogP contribution < -0.4 is 15.3 Å². The van der Waals surface area contributed by atoms with Crippen molar-refractivity contribution in [3.8, 4) is 0 Å². The lowest BCUT2D eigenvalue weighted by Gasteiger charge is -2.36. The highest BCUT2D eigenvalue weighted by molar-refractivity contribution is 5.94. The van der Waals surface area contributed by atoms with E-state index < -0.39 is 18.1 Å². The number of carbonyl (C=O) groups excluding carboxylic acids is 2. The number of amides is 1. The van der Waals surface area contributed by atoms with Gasteiger partial charge in [-0.2, -0.15) is 13.2 Å². The molecule has 2 heterocycles. The lowest BCUT2D eigenvalue weighted by atomic mass is 10.1. The van der Waals surface area contributed by atoms with Crippen LogP contribution in [0, 0.1) is 0 Å². The van der Waals surface area contributed by atoms with Gasteiger partial charge in [0.1, 0.15) is 0 Å². The Morgan fingerprint density at radius 3 is 2.32 bits per heavy atom. The van der Waals surface area contributed by atoms with E-state index >= 15 is 0 Å². The first-order chi connectivity index (χ1) is 13.3. The van der Waals surface area contributed by atoms with Gasteiger partial charge >= 0.3 is 12.1 Å². The topological polar surface area (TPSA) is 84.9 Å². The molecular weight excluding hydrogens is 379 g/mol. The number of benzene rings is 1. The molecular formula is C18H21F3N3O4-. The molecule has 0 radical (unpaired) electrons. The fourth-order valence-corrected chi connectivity index (χ4v) is 3.44. The van der Waals surface area contributed by atoms with Crippen LogP contribution in [0.25, 0.3) is 0 Å². The fraction of sp³-hybridized carbons (Fsp3) is 0.556. The lowest BCUT2D eigenvalue weighted by molar-refractivity contribution is -0.254. The van der Waals surface area contributed by atoms with Crippen molar-refractivity contribution in [3.63, 3.8) is 0 Å². The summed E-state index contributed by atoms with van der Waals surface area (Å²) in [6.07, 6.45) is -3.39. The molecule has 10 heteroatoms. The van der Waals surface area contributed by atoms with Gasteiger partial charge in [-0.15, -0.1) is 0 Å². The van der Waals surface area contributed by atoms with Gasteiger partial charge in [0.2, 0.25) is 0 Å². The molecule has 28 heavy (non-hydrogen) atoms. The number of carboxylic acid groups (broad SMARTS) is 1. The van der Waals surface area contributed by atoms with Crippen molar-refractivity contribution in [2.24, 2.45) is 0 Å². The average Bonchev–Trinajstić information content (AvgIpc) is 2.67. The van der Waals surface area contributed by atoms with Crippen LogP contribution in [0.1, 0.15) is 23.2 Å². The summed E-state index contributed by atoms with van der Waals surface area (Å²) >= 11 is 0. The van der Waals surface area contributed by atoms with Gasteiger partial charge < -0.3 is 29.8 Å². The number of halogens is 3. The first-order valence-electron chi connectivity index (χ1n) is 9.06. The second kappa shape index (κ2) is 8.26. The van der Waals surface area contributed by atoms with E-state index in [0.29, 0.717) is 24.6 Å². The van der Waals surface area contributed by atoms with Gasteiger partial charge in [-0.25, -0.2) is 0 Å². The highest BCUT2D eigenvalue weighted by Gasteiger charge is 2.43. The molecule has 0 aromatic heterocycles. The zero-order valence-electron chi connectivity index (χ0n) is 15.1. The minimum atomic E-state index is -4.88. The standard InChI is InChI=1S/C18H22F3N3O4/c19-18(20,21)17(27)24-7-5-23(6-8-24)13-1-2-14(16(25)26)15(11-13)22-12-3-9-28-10-4-12/h1-2,11-12,22H,3-10H2,(H,25,26)/p-1. The number of alkyl halides is 3. The van der Waals surface area contributed by atoms with Crippen LogP contribution in [0.2, 0.25) is 0 Å². The summed E-state index contributed by atoms with van der Waals surface area (Å²) in [6, 6.07) is 4.77. The van der Waals surface area contributed by atoms with Crippen LogP contribution in [-0.4, -0.2) is 68.4 Å². The Labute approximate surface area is 160 Å². The summed E-state index contributed by atoms with van der Waals surface area (Å²) < 4.78 is 43.0. The molecule has 154 valence electrons. The number of ether oxygens (including phenoxy) is 1. The number of anilines is 2. The molecule has 0 spiro atoms. The number of nitrogens with one attached hydrogen (secondary N) is 1. The van der Waals surface area contributed by atoms with Crippen LogP contribution in [0.3, 0.4) is 0 Å². The van der Waals surface area contributed by atoms with Crippen LogP contribution >= 0.6 is 0 Å². The second-order valence-electron chi connectivity index (χ2n) is 6.83. The molecule has 1 aromatic rings. The predicted molar refractivity (Wildman–Crippen MR) is 93.1 cm³/mol. The molecule has 0 unspecified atom stereocenters. The molecule has 0 saturated carbocycles. The Hall–Kier alpha value is -2.49. The minimum absolute atomic E-state index is 0.0288. The number of carbonyl (C=O) groups is 2. The maximum absolute atomic E-state index is 12.6. The highest BCUT2D eigenvalue weighted by atomic mass is 19.4. The first-order valence-corrected chi connectivity index (χ1v) is 9.06. The van der Waals surface area contributed by atoms with Crippen LogP contribution in [0.5, 0.6) is 0 Å². The SMILES string of the molecule is O=C([O-])c1ccc(N2CCN(C(=O)C(F)(F)F)CC2)cc1NC1CCOCC1. The molecule has 0 aliphatic carbocycles. The molecule has 2 saturated heterocycles. The van der Waals surface area contributed by atoms with E-state index in [4.69, 9.17) is 4.74 Å². The van der Waals surface area contributed by atoms with Crippen molar-refractivity contribution in [3.05, 3.63) is 23.8 Å². The van der Waals surface area contributed by atoms with E-state index in [2.05, 4.69) is 5.32 Å². The van der Waals surface area contributed by atoms with E-state index in [1.807, 2.05) is 4.90 Å². The van der Waals surface area contributed by atoms with Gasteiger partial charge in [0.05, 0.1) is 5.97 Å². The van der Waals surface area contributed by atoms with Gasteiger partial charge in [-0.3, -0.25) is 4.79 Å². The zero-order valence-corrected chi connectivity index (χ0v) is 15.1. The lowest BCUT2D eigenvalue weighted by Crippen LogP contribution is -2.52. The Balaban J connectivity index is 1.71. The van der Waals surface area contributed by atoms with Gasteiger partial charge in [0.15, 0.2) is 0 Å². The molecule has 1 amide bonds. The fourth-order valence-electron chi connectivity index (χ4n) is 3.44. The Morgan fingerprint density at radius 2 is 1.75 bits per heavy atom. The molecule has 1 N–H and O–H groups in total. The van der Waals surface area contributed by atoms with Gasteiger partial charge in [-0.1, -0.05) is 0 Å². The maximum Gasteiger partial charge on any atom is 0.471 e. The van der Waals surface area contributed by atoms with Crippen molar-refractivity contribution in [2.75, 3.05) is 49.6 Å². The Kier molecular flexibility index (Phi) is 5.97. The van der Waals surface area contributed by atoms with Gasteiger partial charge in [0.25, 0.3) is 0 Å². The predicted octanol–water partition coefficient (Wildman–Crippen LogP) is 0.852. The smallest absolute Gasteiger partial charge is 0.471 e. The largest absolute Gasteiger partial charge is 0.545 e. The van der Waals surface area contributed by atoms with Crippen molar-refractivity contribution >= 4 is 23.3 Å². The Bertz CT molecular complexity index is 727. The zero-order chi connectivity index (χ0) is 20.3. The minimum Gasteiger partial charge on any atom is -0.545 e. The summed E-state index contributed by atoms with van der Waals surface area (Å²) in [5, 5.41) is 14.6. The van der Waals surface area contributed by atoms with Gasteiger partial charge in [-0.05, 0) is 31.0 Å². The maximum atomic E-state index is 12.6. The number of aromatic carboxylic acids is 1. The van der Waals surface area contributed by atoms with E-state index in [-0.39, 0.29) is 37.8 Å². The number of piperazine rings is 1. The number of carboxylic acids is 1. The number of hydrogen-bond acceptors (Lipinski definition) is 6. The molecule has 1 aromatic carbocycles. The number of nitrogens with zero attached hydrogens (tertiary/aromatic N) is 2. The highest BCUT2D eigenvalue weighted by Crippen LogP contribution is 2.27. The third-order valence-corrected chi connectivity index (χ3v) is 4.98. The number of rotatable bonds is 4. The average molecular weight is 400 g/mol. The van der Waals surface area contributed by atoms with Crippen molar-refractivity contribution in [2.45, 2.75) is 25.1 Å². The van der Waals surface area contributed by atoms with Crippen molar-refractivity contribution < 1.29 is 32.6 Å². The first kappa shape index (κ1) is 20.2. The molecule has 2 aliphatic heterocycles. The third-order valence-electron chi connectivity index (χ3n) is 4.98. The monoisotopic (exact) mass is 400 g/mol. The Morgan fingerprint density at radius 1 is 1.11 bits per heavy atom. The summed E-state index contributed by atoms with van der Waals surface area (Å²) in [7, 11) is 0. The van der Waals surface area contributed by atoms with Crippen LogP contribution in [-0.2, 0) is 9.53 Å². The van der Waals surface area contributed by atoms with E-state index in [0.717, 1.165) is 17.7 Å². The summed E-state index contributed by atoms with van der Waals surface area (Å²) in [5.41, 5.74) is 1.12. The molecule has 2 aliphatic rings. The molecule has 7 nitrogen and oxygen atoms in total. The van der Waals surface area contributed by atoms with Gasteiger partial charge in [0, 0.05) is 62.4 Å². The molecule has 2 fully saturated rings. The van der Waals surface area contributed by atoms with Crippen molar-refractivity contribution in [1.82, 2.24) is 4.90 Å².